The molecule has 1 saturated carbocycles. The number of fused-ring (bicyclic) bond motifs is 3. The van der Waals surface area contributed by atoms with Crippen molar-refractivity contribution in [1.29, 1.82) is 0 Å². The number of carbonyl (C=O) groups excluding carboxylic acids is 1. The van der Waals surface area contributed by atoms with Crippen molar-refractivity contribution in [2.24, 2.45) is 17.8 Å². The van der Waals surface area contributed by atoms with E-state index in [-0.39, 0.29) is 17.9 Å². The van der Waals surface area contributed by atoms with Crippen molar-refractivity contribution in [2.45, 2.75) is 25.4 Å². The number of hydrogen-bond acceptors (Lipinski definition) is 5. The highest BCUT2D eigenvalue weighted by Crippen LogP contribution is 2.43. The second-order valence-corrected chi connectivity index (χ2v) is 7.86. The van der Waals surface area contributed by atoms with Crippen LogP contribution in [0.25, 0.3) is 11.3 Å². The van der Waals surface area contributed by atoms with Gasteiger partial charge in [0.25, 0.3) is 0 Å². The fourth-order valence-corrected chi connectivity index (χ4v) is 4.60. The molecule has 2 aliphatic carbocycles. The fourth-order valence-electron chi connectivity index (χ4n) is 4.60. The molecule has 28 heavy (non-hydrogen) atoms. The maximum atomic E-state index is 12.5. The Bertz CT molecular complexity index is 925. The molecule has 1 aromatic heterocycles. The molecule has 6 nitrogen and oxygen atoms in total. The maximum absolute atomic E-state index is 12.5. The van der Waals surface area contributed by atoms with Crippen LogP contribution >= 0.6 is 0 Å². The summed E-state index contributed by atoms with van der Waals surface area (Å²) >= 11 is 0. The molecule has 0 radical (unpaired) electrons. The first-order valence-corrected chi connectivity index (χ1v) is 9.83. The Morgan fingerprint density at radius 2 is 2.14 bits per heavy atom. The third kappa shape index (κ3) is 3.13. The van der Waals surface area contributed by atoms with Gasteiger partial charge in [0.15, 0.2) is 0 Å². The number of allylic oxidation sites excluding steroid dienone is 2. The molecule has 0 saturated heterocycles. The topological polar surface area (TPSA) is 73.3 Å². The monoisotopic (exact) mass is 377 g/mol. The minimum Gasteiger partial charge on any atom is -0.488 e. The first kappa shape index (κ1) is 17.2. The first-order chi connectivity index (χ1) is 13.7. The van der Waals surface area contributed by atoms with E-state index in [1.54, 1.807) is 13.2 Å². The van der Waals surface area contributed by atoms with E-state index in [4.69, 9.17) is 9.47 Å². The van der Waals surface area contributed by atoms with Gasteiger partial charge in [0.1, 0.15) is 11.9 Å². The standard InChI is InChI=1S/C22H23N3O3/c1-27-21-7-5-19(24-25-21)15-4-6-20-16(10-15)11-17(28-20)12-23-22(26)18-9-13-2-3-14(18)8-13/h2-7,10,13-14,17-18H,8-9,11-12H2,1H3,(H,23,26)/t13-,14+,17+,18-/m1/s1. The second-order valence-electron chi connectivity index (χ2n) is 7.86. The number of rotatable bonds is 5. The molecule has 4 atom stereocenters. The van der Waals surface area contributed by atoms with E-state index >= 15 is 0 Å². The SMILES string of the molecule is COc1ccc(-c2ccc3c(c2)C[C@@H](CNC(=O)[C@@H]2C[C@@H]4C=C[C@H]2C4)O3)nn1. The molecule has 1 aromatic carbocycles. The average molecular weight is 377 g/mol. The summed E-state index contributed by atoms with van der Waals surface area (Å²) < 4.78 is 11.1. The molecular weight excluding hydrogens is 354 g/mol. The zero-order valence-electron chi connectivity index (χ0n) is 15.8. The molecule has 0 spiro atoms. The van der Waals surface area contributed by atoms with Crippen molar-refractivity contribution >= 4 is 5.91 Å². The van der Waals surface area contributed by atoms with Crippen LogP contribution in [-0.2, 0) is 11.2 Å². The number of methoxy groups -OCH3 is 1. The highest BCUT2D eigenvalue weighted by atomic mass is 16.5. The van der Waals surface area contributed by atoms with E-state index in [1.807, 2.05) is 18.2 Å². The number of aromatic nitrogens is 2. The zero-order valence-corrected chi connectivity index (χ0v) is 15.8. The van der Waals surface area contributed by atoms with Crippen LogP contribution in [0.2, 0.25) is 0 Å². The van der Waals surface area contributed by atoms with Crippen LogP contribution in [0.3, 0.4) is 0 Å². The Morgan fingerprint density at radius 3 is 2.86 bits per heavy atom. The van der Waals surface area contributed by atoms with Gasteiger partial charge in [0.2, 0.25) is 11.8 Å². The lowest BCUT2D eigenvalue weighted by atomic mass is 9.93. The molecule has 2 heterocycles. The summed E-state index contributed by atoms with van der Waals surface area (Å²) in [6, 6.07) is 9.74. The molecule has 2 bridgehead atoms. The predicted molar refractivity (Wildman–Crippen MR) is 104 cm³/mol. The van der Waals surface area contributed by atoms with Gasteiger partial charge in [-0.25, -0.2) is 0 Å². The normalized spacial score (nSPS) is 26.8. The Balaban J connectivity index is 1.21. The van der Waals surface area contributed by atoms with Gasteiger partial charge in [0, 0.05) is 24.0 Å². The van der Waals surface area contributed by atoms with Crippen LogP contribution in [0.5, 0.6) is 11.6 Å². The molecule has 144 valence electrons. The van der Waals surface area contributed by atoms with Crippen molar-refractivity contribution in [3.63, 3.8) is 0 Å². The highest BCUT2D eigenvalue weighted by Gasteiger charge is 2.40. The molecule has 1 amide bonds. The number of benzene rings is 1. The van der Waals surface area contributed by atoms with Crippen molar-refractivity contribution in [1.82, 2.24) is 15.5 Å². The second kappa shape index (κ2) is 6.93. The van der Waals surface area contributed by atoms with Gasteiger partial charge < -0.3 is 14.8 Å². The summed E-state index contributed by atoms with van der Waals surface area (Å²) in [6.07, 6.45) is 7.36. The smallest absolute Gasteiger partial charge is 0.233 e. The molecule has 1 N–H and O–H groups in total. The Labute approximate surface area is 164 Å². The lowest BCUT2D eigenvalue weighted by molar-refractivity contribution is -0.126. The minimum atomic E-state index is -0.0229. The van der Waals surface area contributed by atoms with Gasteiger partial charge in [0.05, 0.1) is 19.3 Å². The summed E-state index contributed by atoms with van der Waals surface area (Å²) in [5.74, 6) is 2.72. The molecule has 1 aliphatic heterocycles. The van der Waals surface area contributed by atoms with Gasteiger partial charge in [-0.05, 0) is 54.5 Å². The van der Waals surface area contributed by atoms with Crippen LogP contribution in [0.1, 0.15) is 18.4 Å². The number of amides is 1. The third-order valence-corrected chi connectivity index (χ3v) is 6.07. The Kier molecular flexibility index (Phi) is 4.26. The minimum absolute atomic E-state index is 0.0229. The van der Waals surface area contributed by atoms with Crippen LogP contribution in [0.15, 0.2) is 42.5 Å². The predicted octanol–water partition coefficient (Wildman–Crippen LogP) is 2.78. The fraction of sp³-hybridized carbons (Fsp3) is 0.409. The number of nitrogens with one attached hydrogen (secondary N) is 1. The van der Waals surface area contributed by atoms with E-state index < -0.39 is 0 Å². The van der Waals surface area contributed by atoms with Crippen LogP contribution < -0.4 is 14.8 Å². The number of nitrogens with zero attached hydrogens (tertiary/aromatic N) is 2. The quantitative estimate of drug-likeness (QED) is 0.811. The molecule has 1 fully saturated rings. The number of ether oxygens (including phenoxy) is 2. The van der Waals surface area contributed by atoms with Crippen molar-refractivity contribution in [3.8, 4) is 22.9 Å². The largest absolute Gasteiger partial charge is 0.488 e. The van der Waals surface area contributed by atoms with Crippen LogP contribution in [0, 0.1) is 17.8 Å². The van der Waals surface area contributed by atoms with E-state index in [2.05, 4.69) is 33.7 Å². The van der Waals surface area contributed by atoms with E-state index in [1.165, 1.54) is 0 Å². The Hall–Kier alpha value is -2.89. The lowest BCUT2D eigenvalue weighted by Gasteiger charge is -2.19. The molecule has 0 unspecified atom stereocenters. The summed E-state index contributed by atoms with van der Waals surface area (Å²) in [5, 5.41) is 11.3. The number of carbonyl (C=O) groups is 1. The molecule has 5 rings (SSSR count). The Morgan fingerprint density at radius 1 is 1.21 bits per heavy atom. The van der Waals surface area contributed by atoms with Gasteiger partial charge in [-0.15, -0.1) is 10.2 Å². The summed E-state index contributed by atoms with van der Waals surface area (Å²) in [6.45, 7) is 0.544. The molecular formula is C22H23N3O3. The highest BCUT2D eigenvalue weighted by molar-refractivity contribution is 5.80. The summed E-state index contributed by atoms with van der Waals surface area (Å²) in [7, 11) is 1.57. The van der Waals surface area contributed by atoms with Gasteiger partial charge in [-0.1, -0.05) is 12.2 Å². The van der Waals surface area contributed by atoms with E-state index in [0.717, 1.165) is 41.8 Å². The molecule has 2 aromatic rings. The lowest BCUT2D eigenvalue weighted by Crippen LogP contribution is -2.39. The van der Waals surface area contributed by atoms with E-state index in [0.29, 0.717) is 24.3 Å². The first-order valence-electron chi connectivity index (χ1n) is 9.83. The summed E-state index contributed by atoms with van der Waals surface area (Å²) in [4.78, 5) is 12.5. The van der Waals surface area contributed by atoms with Gasteiger partial charge in [-0.3, -0.25) is 4.79 Å². The van der Waals surface area contributed by atoms with Gasteiger partial charge >= 0.3 is 0 Å². The van der Waals surface area contributed by atoms with Gasteiger partial charge in [-0.2, -0.15) is 0 Å². The zero-order chi connectivity index (χ0) is 19.1. The molecule has 3 aliphatic rings. The average Bonchev–Trinajstić information content (AvgIpc) is 3.46. The summed E-state index contributed by atoms with van der Waals surface area (Å²) in [5.41, 5.74) is 2.93. The van der Waals surface area contributed by atoms with Crippen molar-refractivity contribution in [2.75, 3.05) is 13.7 Å². The number of hydrogen-bond donors (Lipinski definition) is 1. The van der Waals surface area contributed by atoms with Crippen LogP contribution in [-0.4, -0.2) is 35.9 Å². The third-order valence-electron chi connectivity index (χ3n) is 6.07. The van der Waals surface area contributed by atoms with Crippen molar-refractivity contribution in [3.05, 3.63) is 48.0 Å². The maximum Gasteiger partial charge on any atom is 0.233 e. The van der Waals surface area contributed by atoms with E-state index in [9.17, 15) is 4.79 Å². The van der Waals surface area contributed by atoms with Crippen LogP contribution in [0.4, 0.5) is 0 Å². The molecule has 6 heteroatoms. The van der Waals surface area contributed by atoms with Crippen molar-refractivity contribution < 1.29 is 14.3 Å².